The predicted octanol–water partition coefficient (Wildman–Crippen LogP) is 4.81. The van der Waals surface area contributed by atoms with Gasteiger partial charge in [-0.2, -0.15) is 0 Å². The number of hydrogen-bond acceptors (Lipinski definition) is 6. The average Bonchev–Trinajstić information content (AvgIpc) is 3.24. The first-order valence-corrected chi connectivity index (χ1v) is 13.3. The second-order valence-electron chi connectivity index (χ2n) is 12.1. The lowest BCUT2D eigenvalue weighted by molar-refractivity contribution is -0.172. The molecule has 2 fully saturated rings. The van der Waals surface area contributed by atoms with Crippen molar-refractivity contribution in [1.29, 1.82) is 0 Å². The summed E-state index contributed by atoms with van der Waals surface area (Å²) in [5.41, 5.74) is 1.65. The van der Waals surface area contributed by atoms with Crippen LogP contribution in [0.4, 0.5) is 0 Å². The third-order valence-electron chi connectivity index (χ3n) is 9.18. The van der Waals surface area contributed by atoms with Crippen LogP contribution < -0.4 is 0 Å². The van der Waals surface area contributed by atoms with Crippen LogP contribution in [0.25, 0.3) is 0 Å². The van der Waals surface area contributed by atoms with Crippen molar-refractivity contribution in [2.45, 2.75) is 98.2 Å². The van der Waals surface area contributed by atoms with Gasteiger partial charge in [0.1, 0.15) is 6.10 Å². The van der Waals surface area contributed by atoms with Gasteiger partial charge in [-0.25, -0.2) is 4.79 Å². The van der Waals surface area contributed by atoms with Crippen molar-refractivity contribution in [2.75, 3.05) is 0 Å². The Morgan fingerprint density at radius 3 is 2.56 bits per heavy atom. The Bertz CT molecular complexity index is 1010. The van der Waals surface area contributed by atoms with Crippen LogP contribution in [0.5, 0.6) is 0 Å². The van der Waals surface area contributed by atoms with E-state index in [1.807, 2.05) is 33.8 Å². The van der Waals surface area contributed by atoms with Gasteiger partial charge in [-0.1, -0.05) is 41.9 Å². The highest BCUT2D eigenvalue weighted by atomic mass is 16.6. The number of allylic oxidation sites excluding steroid dienone is 7. The van der Waals surface area contributed by atoms with Gasteiger partial charge in [0.05, 0.1) is 17.6 Å². The van der Waals surface area contributed by atoms with E-state index in [1.54, 1.807) is 6.08 Å². The number of aliphatic hydroxyl groups is 2. The van der Waals surface area contributed by atoms with Gasteiger partial charge in [0.25, 0.3) is 0 Å². The lowest BCUT2D eigenvalue weighted by Gasteiger charge is -2.46. The number of hydrogen-bond donors (Lipinski definition) is 2. The molecule has 0 unspecified atom stereocenters. The van der Waals surface area contributed by atoms with Crippen LogP contribution in [0.1, 0.15) is 73.6 Å². The summed E-state index contributed by atoms with van der Waals surface area (Å²) >= 11 is 0. The van der Waals surface area contributed by atoms with Gasteiger partial charge < -0.3 is 19.7 Å². The Morgan fingerprint density at radius 2 is 1.94 bits per heavy atom. The molecule has 6 nitrogen and oxygen atoms in total. The van der Waals surface area contributed by atoms with Crippen molar-refractivity contribution in [2.24, 2.45) is 28.6 Å². The standard InChI is InChI=1S/C30H42O6/c1-17(2)8-7-9-20-12-14-30(15-13-20)24-26(36-28(30)34)25(33)19(5)21-10-11-22(31)29(21,6)27(24)35-23(32)16-18(3)4/h8,10-12,16,19,21,24-28,33-34H,7,9,13-15H2,1-6H3/t19-,21-,24-,25+,26-,27-,28+,29-,30-/m0/s1. The molecular weight excluding hydrogens is 456 g/mol. The molecule has 3 aliphatic carbocycles. The van der Waals surface area contributed by atoms with Crippen molar-refractivity contribution >= 4 is 11.8 Å². The van der Waals surface area contributed by atoms with Crippen molar-refractivity contribution in [3.8, 4) is 0 Å². The molecule has 1 heterocycles. The van der Waals surface area contributed by atoms with Crippen LogP contribution in [-0.4, -0.2) is 46.6 Å². The van der Waals surface area contributed by atoms with Gasteiger partial charge in [-0.15, -0.1) is 0 Å². The lowest BCUT2D eigenvalue weighted by atomic mass is 9.59. The summed E-state index contributed by atoms with van der Waals surface area (Å²) in [6.07, 6.45) is 9.64. The Kier molecular flexibility index (Phi) is 7.53. The van der Waals surface area contributed by atoms with Gasteiger partial charge in [0.2, 0.25) is 0 Å². The quantitative estimate of drug-likeness (QED) is 0.321. The van der Waals surface area contributed by atoms with E-state index in [0.717, 1.165) is 24.8 Å². The van der Waals surface area contributed by atoms with E-state index in [4.69, 9.17) is 9.47 Å². The van der Waals surface area contributed by atoms with Gasteiger partial charge in [-0.05, 0) is 84.6 Å². The first kappa shape index (κ1) is 27.0. The van der Waals surface area contributed by atoms with E-state index in [2.05, 4.69) is 26.0 Å². The molecule has 1 aliphatic heterocycles. The number of carbonyl (C=O) groups excluding carboxylic acids is 2. The fourth-order valence-corrected chi connectivity index (χ4v) is 7.12. The van der Waals surface area contributed by atoms with E-state index >= 15 is 0 Å². The van der Waals surface area contributed by atoms with Crippen LogP contribution in [0, 0.1) is 28.6 Å². The van der Waals surface area contributed by atoms with E-state index < -0.39 is 47.3 Å². The fraction of sp³-hybridized carbons (Fsp3) is 0.667. The van der Waals surface area contributed by atoms with E-state index in [0.29, 0.717) is 12.8 Å². The molecule has 1 saturated heterocycles. The topological polar surface area (TPSA) is 93.1 Å². The van der Waals surface area contributed by atoms with Gasteiger partial charge in [0, 0.05) is 17.4 Å². The summed E-state index contributed by atoms with van der Waals surface area (Å²) < 4.78 is 12.3. The Labute approximate surface area is 215 Å². The molecule has 36 heavy (non-hydrogen) atoms. The lowest BCUT2D eigenvalue weighted by Crippen LogP contribution is -2.54. The first-order chi connectivity index (χ1) is 16.9. The summed E-state index contributed by atoms with van der Waals surface area (Å²) in [4.78, 5) is 26.4. The molecule has 0 aromatic rings. The first-order valence-electron chi connectivity index (χ1n) is 13.3. The van der Waals surface area contributed by atoms with Crippen molar-refractivity contribution in [3.63, 3.8) is 0 Å². The van der Waals surface area contributed by atoms with Crippen LogP contribution in [-0.2, 0) is 19.1 Å². The smallest absolute Gasteiger partial charge is 0.330 e. The molecule has 0 aromatic heterocycles. The molecular formula is C30H42O6. The third-order valence-corrected chi connectivity index (χ3v) is 9.18. The average molecular weight is 499 g/mol. The van der Waals surface area contributed by atoms with Crippen molar-refractivity contribution in [3.05, 3.63) is 47.1 Å². The number of rotatable bonds is 5. The highest BCUT2D eigenvalue weighted by Crippen LogP contribution is 2.62. The zero-order valence-electron chi connectivity index (χ0n) is 22.5. The predicted molar refractivity (Wildman–Crippen MR) is 138 cm³/mol. The molecule has 1 spiro atoms. The summed E-state index contributed by atoms with van der Waals surface area (Å²) in [5, 5.41) is 22.8. The SMILES string of the molecule is CC(C)=CCCC1=CC[C@]2(CC1)[C@H]1[C@H](O[C@H]2O)[C@H](O)[C@@H](C)[C@@H]2C=CC(=O)[C@@]2(C)[C@H]1OC(=O)C=C(C)C. The number of ketones is 1. The second-order valence-corrected chi connectivity index (χ2v) is 12.1. The van der Waals surface area contributed by atoms with Crippen LogP contribution in [0.2, 0.25) is 0 Å². The van der Waals surface area contributed by atoms with Gasteiger partial charge >= 0.3 is 5.97 Å². The summed E-state index contributed by atoms with van der Waals surface area (Å²) in [7, 11) is 0. The van der Waals surface area contributed by atoms with E-state index in [1.165, 1.54) is 17.2 Å². The molecule has 4 rings (SSSR count). The fourth-order valence-electron chi connectivity index (χ4n) is 7.12. The molecule has 9 atom stereocenters. The minimum absolute atomic E-state index is 0.104. The maximum absolute atomic E-state index is 13.4. The Morgan fingerprint density at radius 1 is 1.22 bits per heavy atom. The third kappa shape index (κ3) is 4.46. The maximum atomic E-state index is 13.4. The highest BCUT2D eigenvalue weighted by molar-refractivity contribution is 5.98. The summed E-state index contributed by atoms with van der Waals surface area (Å²) in [5.74, 6) is -1.74. The molecule has 4 aliphatic rings. The van der Waals surface area contributed by atoms with E-state index in [9.17, 15) is 19.8 Å². The molecule has 0 radical (unpaired) electrons. The zero-order chi connectivity index (χ0) is 26.4. The Balaban J connectivity index is 1.76. The summed E-state index contributed by atoms with van der Waals surface area (Å²) in [6, 6.07) is 0. The van der Waals surface area contributed by atoms with E-state index in [-0.39, 0.29) is 17.6 Å². The molecule has 0 amide bonds. The van der Waals surface area contributed by atoms with Crippen molar-refractivity contribution in [1.82, 2.24) is 0 Å². The minimum atomic E-state index is -1.11. The Hall–Kier alpha value is -2.02. The van der Waals surface area contributed by atoms with Crippen LogP contribution in [0.3, 0.4) is 0 Å². The molecule has 198 valence electrons. The normalized spacial score (nSPS) is 41.3. The summed E-state index contributed by atoms with van der Waals surface area (Å²) in [6.45, 7) is 11.6. The minimum Gasteiger partial charge on any atom is -0.458 e. The van der Waals surface area contributed by atoms with Gasteiger partial charge in [-0.3, -0.25) is 4.79 Å². The van der Waals surface area contributed by atoms with Gasteiger partial charge in [0.15, 0.2) is 12.1 Å². The molecule has 0 aromatic carbocycles. The zero-order valence-corrected chi connectivity index (χ0v) is 22.5. The molecule has 0 bridgehead atoms. The van der Waals surface area contributed by atoms with Crippen molar-refractivity contribution < 1.29 is 29.3 Å². The maximum Gasteiger partial charge on any atom is 0.330 e. The van der Waals surface area contributed by atoms with Crippen LogP contribution in [0.15, 0.2) is 47.1 Å². The molecule has 6 heteroatoms. The number of ether oxygens (including phenoxy) is 2. The molecule has 2 N–H and O–H groups in total. The number of esters is 1. The number of fused-ring (bicyclic) bond motifs is 3. The largest absolute Gasteiger partial charge is 0.458 e. The highest BCUT2D eigenvalue weighted by Gasteiger charge is 2.69. The second kappa shape index (κ2) is 10.0. The monoisotopic (exact) mass is 498 g/mol. The van der Waals surface area contributed by atoms with Crippen LogP contribution >= 0.6 is 0 Å². The molecule has 1 saturated carbocycles. The number of carbonyl (C=O) groups is 2. The number of aliphatic hydroxyl groups excluding tert-OH is 2.